The number of nitrogens with zero attached hydrogens (tertiary/aromatic N) is 2. The molecule has 4 rings (SSSR count). The summed E-state index contributed by atoms with van der Waals surface area (Å²) in [6.45, 7) is 3.78. The molecule has 0 saturated carbocycles. The molecule has 2 N–H and O–H groups in total. The predicted octanol–water partition coefficient (Wildman–Crippen LogP) is 3.71. The van der Waals surface area contributed by atoms with Gasteiger partial charge in [-0.1, -0.05) is 12.1 Å². The summed E-state index contributed by atoms with van der Waals surface area (Å²) in [5.74, 6) is 1.68. The Morgan fingerprint density at radius 3 is 2.42 bits per heavy atom. The number of hydrogen-bond donors (Lipinski definition) is 2. The van der Waals surface area contributed by atoms with Gasteiger partial charge in [0.25, 0.3) is 5.91 Å². The Hall–Kier alpha value is -4.01. The zero-order chi connectivity index (χ0) is 23.7. The number of amides is 2. The zero-order valence-electron chi connectivity index (χ0n) is 19.2. The SMILES string of the molecule is COc1ccc(C)cc1NC(=O)CC1C(=O)Nc2c(-c3ccc(OC)c(OC)c3)c(C)nn21. The smallest absolute Gasteiger partial charge is 0.251 e. The molecular weight excluding hydrogens is 424 g/mol. The molecule has 1 aliphatic heterocycles. The van der Waals surface area contributed by atoms with Crippen LogP contribution in [0.5, 0.6) is 17.2 Å². The number of benzene rings is 2. The Balaban J connectivity index is 1.61. The van der Waals surface area contributed by atoms with Gasteiger partial charge in [0.2, 0.25) is 5.91 Å². The van der Waals surface area contributed by atoms with Crippen molar-refractivity contribution in [3.05, 3.63) is 47.7 Å². The average Bonchev–Trinajstić information content (AvgIpc) is 3.26. The average molecular weight is 450 g/mol. The summed E-state index contributed by atoms with van der Waals surface area (Å²) in [5.41, 5.74) is 3.86. The van der Waals surface area contributed by atoms with Gasteiger partial charge in [-0.15, -0.1) is 0 Å². The number of aryl methyl sites for hydroxylation is 2. The molecule has 0 radical (unpaired) electrons. The van der Waals surface area contributed by atoms with Gasteiger partial charge >= 0.3 is 0 Å². The Morgan fingerprint density at radius 1 is 1.03 bits per heavy atom. The van der Waals surface area contributed by atoms with E-state index in [1.807, 2.05) is 38.1 Å². The van der Waals surface area contributed by atoms with Crippen LogP contribution in [0.25, 0.3) is 11.1 Å². The van der Waals surface area contributed by atoms with Crippen LogP contribution in [-0.2, 0) is 9.59 Å². The number of anilines is 2. The molecule has 0 fully saturated rings. The second-order valence-electron chi connectivity index (χ2n) is 7.78. The number of fused-ring (bicyclic) bond motifs is 1. The van der Waals surface area contributed by atoms with Crippen molar-refractivity contribution in [2.45, 2.75) is 26.3 Å². The van der Waals surface area contributed by atoms with E-state index in [2.05, 4.69) is 15.7 Å². The van der Waals surface area contributed by atoms with Gasteiger partial charge in [0, 0.05) is 5.56 Å². The number of nitrogens with one attached hydrogen (secondary N) is 2. The second kappa shape index (κ2) is 8.85. The molecule has 0 aliphatic carbocycles. The summed E-state index contributed by atoms with van der Waals surface area (Å²) in [7, 11) is 4.68. The van der Waals surface area contributed by atoms with Crippen LogP contribution in [0, 0.1) is 13.8 Å². The van der Waals surface area contributed by atoms with Crippen molar-refractivity contribution in [1.82, 2.24) is 9.78 Å². The molecule has 33 heavy (non-hydrogen) atoms. The van der Waals surface area contributed by atoms with Crippen molar-refractivity contribution in [1.29, 1.82) is 0 Å². The first-order chi connectivity index (χ1) is 15.9. The molecular formula is C24H26N4O5. The highest BCUT2D eigenvalue weighted by Crippen LogP contribution is 2.41. The van der Waals surface area contributed by atoms with E-state index in [-0.39, 0.29) is 18.2 Å². The van der Waals surface area contributed by atoms with Crippen molar-refractivity contribution in [3.63, 3.8) is 0 Å². The van der Waals surface area contributed by atoms with E-state index in [4.69, 9.17) is 14.2 Å². The van der Waals surface area contributed by atoms with Crippen LogP contribution in [0.2, 0.25) is 0 Å². The first-order valence-electron chi connectivity index (χ1n) is 10.4. The van der Waals surface area contributed by atoms with E-state index in [9.17, 15) is 9.59 Å². The molecule has 1 aliphatic rings. The van der Waals surface area contributed by atoms with Crippen LogP contribution < -0.4 is 24.8 Å². The molecule has 3 aromatic rings. The molecule has 2 aromatic carbocycles. The summed E-state index contributed by atoms with van der Waals surface area (Å²) < 4.78 is 17.6. The maximum atomic E-state index is 12.8. The van der Waals surface area contributed by atoms with Crippen LogP contribution in [0.15, 0.2) is 36.4 Å². The maximum absolute atomic E-state index is 12.8. The maximum Gasteiger partial charge on any atom is 0.251 e. The van der Waals surface area contributed by atoms with E-state index in [1.54, 1.807) is 38.1 Å². The quantitative estimate of drug-likeness (QED) is 0.569. The van der Waals surface area contributed by atoms with Gasteiger partial charge in [-0.25, -0.2) is 4.68 Å². The van der Waals surface area contributed by atoms with Crippen molar-refractivity contribution in [2.75, 3.05) is 32.0 Å². The van der Waals surface area contributed by atoms with Crippen LogP contribution in [0.4, 0.5) is 11.5 Å². The molecule has 1 unspecified atom stereocenters. The number of rotatable bonds is 7. The molecule has 1 atom stereocenters. The minimum absolute atomic E-state index is 0.0670. The third-order valence-electron chi connectivity index (χ3n) is 5.60. The molecule has 0 bridgehead atoms. The van der Waals surface area contributed by atoms with Gasteiger partial charge in [0.15, 0.2) is 11.5 Å². The van der Waals surface area contributed by atoms with Crippen molar-refractivity contribution in [2.24, 2.45) is 0 Å². The lowest BCUT2D eigenvalue weighted by Crippen LogP contribution is -2.24. The highest BCUT2D eigenvalue weighted by Gasteiger charge is 2.36. The molecule has 1 aromatic heterocycles. The Kier molecular flexibility index (Phi) is 5.95. The number of carbonyl (C=O) groups excluding carboxylic acids is 2. The standard InChI is InChI=1S/C24H26N4O5/c1-13-6-8-18(31-3)16(10-13)25-21(29)12-17-24(30)26-23-22(14(2)27-28(17)23)15-7-9-19(32-4)20(11-15)33-5/h6-11,17H,12H2,1-5H3,(H,25,29)(H,26,30). The Bertz CT molecular complexity index is 1230. The predicted molar refractivity (Wildman–Crippen MR) is 124 cm³/mol. The van der Waals surface area contributed by atoms with E-state index in [0.717, 1.165) is 22.4 Å². The van der Waals surface area contributed by atoms with Gasteiger partial charge in [0.05, 0.1) is 39.1 Å². The lowest BCUT2D eigenvalue weighted by Gasteiger charge is -2.13. The minimum atomic E-state index is -0.761. The fourth-order valence-electron chi connectivity index (χ4n) is 4.02. The van der Waals surface area contributed by atoms with Gasteiger partial charge in [0.1, 0.15) is 17.6 Å². The van der Waals surface area contributed by atoms with Gasteiger partial charge in [-0.05, 0) is 49.2 Å². The van der Waals surface area contributed by atoms with Crippen molar-refractivity contribution >= 4 is 23.3 Å². The fraction of sp³-hybridized carbons (Fsp3) is 0.292. The summed E-state index contributed by atoms with van der Waals surface area (Å²) >= 11 is 0. The summed E-state index contributed by atoms with van der Waals surface area (Å²) in [5, 5.41) is 10.3. The Labute approximate surface area is 191 Å². The summed E-state index contributed by atoms with van der Waals surface area (Å²) in [6, 6.07) is 10.3. The van der Waals surface area contributed by atoms with Crippen molar-refractivity contribution in [3.8, 4) is 28.4 Å². The molecule has 172 valence electrons. The number of ether oxygens (including phenoxy) is 3. The third-order valence-corrected chi connectivity index (χ3v) is 5.60. The summed E-state index contributed by atoms with van der Waals surface area (Å²) in [6.07, 6.45) is -0.0670. The van der Waals surface area contributed by atoms with E-state index < -0.39 is 6.04 Å². The lowest BCUT2D eigenvalue weighted by molar-refractivity contribution is -0.123. The van der Waals surface area contributed by atoms with Gasteiger partial charge in [-0.2, -0.15) is 5.10 Å². The first kappa shape index (κ1) is 22.2. The van der Waals surface area contributed by atoms with E-state index in [0.29, 0.717) is 28.8 Å². The van der Waals surface area contributed by atoms with Gasteiger partial charge < -0.3 is 24.8 Å². The van der Waals surface area contributed by atoms with Crippen LogP contribution in [0.3, 0.4) is 0 Å². The Morgan fingerprint density at radius 2 is 1.73 bits per heavy atom. The van der Waals surface area contributed by atoms with Crippen molar-refractivity contribution < 1.29 is 23.8 Å². The van der Waals surface area contributed by atoms with Gasteiger partial charge in [-0.3, -0.25) is 9.59 Å². The number of methoxy groups -OCH3 is 3. The largest absolute Gasteiger partial charge is 0.495 e. The van der Waals surface area contributed by atoms with E-state index >= 15 is 0 Å². The molecule has 9 nitrogen and oxygen atoms in total. The number of carbonyl (C=O) groups is 2. The second-order valence-corrected chi connectivity index (χ2v) is 7.78. The number of aromatic nitrogens is 2. The topological polar surface area (TPSA) is 104 Å². The first-order valence-corrected chi connectivity index (χ1v) is 10.4. The molecule has 2 heterocycles. The molecule has 2 amide bonds. The highest BCUT2D eigenvalue weighted by molar-refractivity contribution is 6.04. The summed E-state index contributed by atoms with van der Waals surface area (Å²) in [4.78, 5) is 25.6. The normalized spacial score (nSPS) is 14.5. The lowest BCUT2D eigenvalue weighted by atomic mass is 10.1. The van der Waals surface area contributed by atoms with Crippen LogP contribution in [-0.4, -0.2) is 42.9 Å². The molecule has 0 saturated heterocycles. The third kappa shape index (κ3) is 4.09. The van der Waals surface area contributed by atoms with Crippen LogP contribution in [0.1, 0.15) is 23.7 Å². The monoisotopic (exact) mass is 450 g/mol. The zero-order valence-corrected chi connectivity index (χ0v) is 19.2. The van der Waals surface area contributed by atoms with E-state index in [1.165, 1.54) is 0 Å². The number of hydrogen-bond acceptors (Lipinski definition) is 6. The highest BCUT2D eigenvalue weighted by atomic mass is 16.5. The fourth-order valence-corrected chi connectivity index (χ4v) is 4.02. The molecule has 0 spiro atoms. The minimum Gasteiger partial charge on any atom is -0.495 e. The van der Waals surface area contributed by atoms with Crippen LogP contribution >= 0.6 is 0 Å². The molecule has 9 heteroatoms.